The molecular formula is C22H28N4O2S2. The van der Waals surface area contributed by atoms with Crippen molar-refractivity contribution in [2.24, 2.45) is 5.92 Å². The van der Waals surface area contributed by atoms with E-state index < -0.39 is 0 Å². The van der Waals surface area contributed by atoms with E-state index in [2.05, 4.69) is 40.8 Å². The second-order valence-corrected chi connectivity index (χ2v) is 9.23. The van der Waals surface area contributed by atoms with Gasteiger partial charge in [0, 0.05) is 30.1 Å². The smallest absolute Gasteiger partial charge is 0.230 e. The summed E-state index contributed by atoms with van der Waals surface area (Å²) in [6.45, 7) is 6.13. The van der Waals surface area contributed by atoms with Gasteiger partial charge in [0.25, 0.3) is 0 Å². The van der Waals surface area contributed by atoms with Crippen LogP contribution in [-0.4, -0.2) is 46.2 Å². The molecule has 1 aromatic carbocycles. The van der Waals surface area contributed by atoms with Crippen molar-refractivity contribution in [1.29, 1.82) is 0 Å². The molecule has 2 heterocycles. The first-order valence-corrected chi connectivity index (χ1v) is 12.0. The number of para-hydroxylation sites is 1. The summed E-state index contributed by atoms with van der Waals surface area (Å²) < 4.78 is 7.58. The van der Waals surface area contributed by atoms with Crippen molar-refractivity contribution in [3.05, 3.63) is 58.5 Å². The summed E-state index contributed by atoms with van der Waals surface area (Å²) in [4.78, 5) is 13.5. The van der Waals surface area contributed by atoms with Crippen LogP contribution >= 0.6 is 23.1 Å². The van der Waals surface area contributed by atoms with Crippen LogP contribution in [0.3, 0.4) is 0 Å². The largest absolute Gasteiger partial charge is 0.380 e. The van der Waals surface area contributed by atoms with E-state index in [1.54, 1.807) is 11.3 Å². The molecule has 0 aliphatic carbocycles. The highest BCUT2D eigenvalue weighted by atomic mass is 32.2. The highest BCUT2D eigenvalue weighted by Gasteiger charge is 2.16. The van der Waals surface area contributed by atoms with E-state index in [-0.39, 0.29) is 11.7 Å². The maximum Gasteiger partial charge on any atom is 0.230 e. The fourth-order valence-electron chi connectivity index (χ4n) is 2.78. The second-order valence-electron chi connectivity index (χ2n) is 7.26. The average Bonchev–Trinajstić information content (AvgIpc) is 3.39. The van der Waals surface area contributed by atoms with Gasteiger partial charge in [0.15, 0.2) is 5.16 Å². The Morgan fingerprint density at radius 3 is 2.73 bits per heavy atom. The van der Waals surface area contributed by atoms with Gasteiger partial charge in [-0.25, -0.2) is 0 Å². The lowest BCUT2D eigenvalue weighted by Gasteiger charge is -2.10. The van der Waals surface area contributed by atoms with Crippen molar-refractivity contribution in [1.82, 2.24) is 20.1 Å². The third-order valence-electron chi connectivity index (χ3n) is 4.37. The Balaban J connectivity index is 1.56. The minimum Gasteiger partial charge on any atom is -0.380 e. The van der Waals surface area contributed by atoms with Gasteiger partial charge in [-0.1, -0.05) is 49.9 Å². The maximum atomic E-state index is 12.2. The number of amides is 1. The first-order chi connectivity index (χ1) is 14.6. The van der Waals surface area contributed by atoms with Gasteiger partial charge < -0.3 is 10.1 Å². The molecule has 0 fully saturated rings. The fraction of sp³-hybridized carbons (Fsp3) is 0.409. The number of thioether (sulfide) groups is 1. The number of nitrogens with one attached hydrogen (secondary N) is 1. The summed E-state index contributed by atoms with van der Waals surface area (Å²) in [5, 5.41) is 14.4. The lowest BCUT2D eigenvalue weighted by Crippen LogP contribution is -2.29. The monoisotopic (exact) mass is 444 g/mol. The predicted octanol–water partition coefficient (Wildman–Crippen LogP) is 4.19. The lowest BCUT2D eigenvalue weighted by atomic mass is 10.1. The van der Waals surface area contributed by atoms with Gasteiger partial charge in [-0.3, -0.25) is 9.36 Å². The first-order valence-electron chi connectivity index (χ1n) is 10.1. The van der Waals surface area contributed by atoms with E-state index in [9.17, 15) is 4.79 Å². The van der Waals surface area contributed by atoms with Gasteiger partial charge in [-0.2, -0.15) is 0 Å². The summed E-state index contributed by atoms with van der Waals surface area (Å²) in [7, 11) is 0. The minimum absolute atomic E-state index is 0.0325. The minimum atomic E-state index is -0.0325. The number of hydrogen-bond acceptors (Lipinski definition) is 6. The number of carbonyl (C=O) groups excluding carboxylic acids is 1. The molecular weight excluding hydrogens is 416 g/mol. The van der Waals surface area contributed by atoms with Crippen molar-refractivity contribution < 1.29 is 9.53 Å². The maximum absolute atomic E-state index is 12.2. The molecule has 1 amide bonds. The van der Waals surface area contributed by atoms with Crippen molar-refractivity contribution in [3.8, 4) is 5.69 Å². The summed E-state index contributed by atoms with van der Waals surface area (Å²) >= 11 is 3.10. The summed E-state index contributed by atoms with van der Waals surface area (Å²) in [6, 6.07) is 14.2. The Morgan fingerprint density at radius 2 is 2.00 bits per heavy atom. The van der Waals surface area contributed by atoms with E-state index in [4.69, 9.17) is 4.74 Å². The summed E-state index contributed by atoms with van der Waals surface area (Å²) in [5.41, 5.74) is 0.996. The standard InChI is InChI=1S/C22H28N4O2S2/c1-17(2)10-12-28-13-11-23-21(27)16-30-22-25-24-20(15-19-9-6-14-29-19)26(22)18-7-4-3-5-8-18/h3-9,14,17H,10-13,15-16H2,1-2H3,(H,23,27). The van der Waals surface area contributed by atoms with Crippen LogP contribution in [0.15, 0.2) is 53.0 Å². The van der Waals surface area contributed by atoms with Gasteiger partial charge in [0.2, 0.25) is 5.91 Å². The Kier molecular flexibility index (Phi) is 8.92. The molecule has 3 rings (SSSR count). The molecule has 3 aromatic rings. The first kappa shape index (κ1) is 22.5. The van der Waals surface area contributed by atoms with Crippen molar-refractivity contribution in [3.63, 3.8) is 0 Å². The van der Waals surface area contributed by atoms with Crippen LogP contribution in [-0.2, 0) is 16.0 Å². The average molecular weight is 445 g/mol. The number of hydrogen-bond donors (Lipinski definition) is 1. The summed E-state index contributed by atoms with van der Waals surface area (Å²) in [5.74, 6) is 1.75. The van der Waals surface area contributed by atoms with E-state index in [1.807, 2.05) is 41.0 Å². The van der Waals surface area contributed by atoms with E-state index in [0.717, 1.165) is 29.7 Å². The van der Waals surface area contributed by atoms with Crippen LogP contribution in [0, 0.1) is 5.92 Å². The Morgan fingerprint density at radius 1 is 1.17 bits per heavy atom. The van der Waals surface area contributed by atoms with E-state index in [1.165, 1.54) is 16.6 Å². The van der Waals surface area contributed by atoms with Crippen molar-refractivity contribution in [2.45, 2.75) is 31.8 Å². The molecule has 0 atom stereocenters. The summed E-state index contributed by atoms with van der Waals surface area (Å²) in [6.07, 6.45) is 1.74. The predicted molar refractivity (Wildman–Crippen MR) is 122 cm³/mol. The van der Waals surface area contributed by atoms with Gasteiger partial charge in [-0.05, 0) is 35.9 Å². The molecule has 0 spiro atoms. The zero-order valence-corrected chi connectivity index (χ0v) is 19.0. The van der Waals surface area contributed by atoms with Crippen molar-refractivity contribution >= 4 is 29.0 Å². The van der Waals surface area contributed by atoms with Crippen LogP contribution in [0.5, 0.6) is 0 Å². The van der Waals surface area contributed by atoms with Gasteiger partial charge >= 0.3 is 0 Å². The molecule has 0 radical (unpaired) electrons. The molecule has 6 nitrogen and oxygen atoms in total. The number of rotatable bonds is 12. The molecule has 160 valence electrons. The molecule has 2 aromatic heterocycles. The second kappa shape index (κ2) is 11.9. The third-order valence-corrected chi connectivity index (χ3v) is 6.17. The molecule has 1 N–H and O–H groups in total. The SMILES string of the molecule is CC(C)CCOCCNC(=O)CSc1nnc(Cc2cccs2)n1-c1ccccc1. The van der Waals surface area contributed by atoms with Crippen LogP contribution in [0.2, 0.25) is 0 Å². The Bertz CT molecular complexity index is 895. The van der Waals surface area contributed by atoms with Crippen LogP contribution in [0.25, 0.3) is 5.69 Å². The fourth-order valence-corrected chi connectivity index (χ4v) is 4.28. The molecule has 0 aliphatic heterocycles. The van der Waals surface area contributed by atoms with E-state index in [0.29, 0.717) is 25.5 Å². The Hall–Kier alpha value is -2.16. The molecule has 8 heteroatoms. The number of ether oxygens (including phenoxy) is 1. The van der Waals surface area contributed by atoms with Crippen LogP contribution < -0.4 is 5.32 Å². The number of benzene rings is 1. The lowest BCUT2D eigenvalue weighted by molar-refractivity contribution is -0.118. The topological polar surface area (TPSA) is 69.0 Å². The molecule has 0 unspecified atom stereocenters. The molecule has 0 aliphatic rings. The Labute approximate surface area is 186 Å². The molecule has 0 saturated carbocycles. The molecule has 0 saturated heterocycles. The number of thiophene rings is 1. The van der Waals surface area contributed by atoms with Gasteiger partial charge in [0.05, 0.1) is 12.4 Å². The van der Waals surface area contributed by atoms with E-state index >= 15 is 0 Å². The number of aromatic nitrogens is 3. The zero-order valence-electron chi connectivity index (χ0n) is 17.4. The zero-order chi connectivity index (χ0) is 21.2. The van der Waals surface area contributed by atoms with Crippen LogP contribution in [0.4, 0.5) is 0 Å². The van der Waals surface area contributed by atoms with Gasteiger partial charge in [-0.15, -0.1) is 21.5 Å². The van der Waals surface area contributed by atoms with Crippen molar-refractivity contribution in [2.75, 3.05) is 25.5 Å². The molecule has 30 heavy (non-hydrogen) atoms. The third kappa shape index (κ3) is 6.97. The molecule has 0 bridgehead atoms. The number of nitrogens with zero attached hydrogens (tertiary/aromatic N) is 3. The van der Waals surface area contributed by atoms with Gasteiger partial charge in [0.1, 0.15) is 5.82 Å². The van der Waals surface area contributed by atoms with Crippen LogP contribution in [0.1, 0.15) is 31.0 Å². The highest BCUT2D eigenvalue weighted by molar-refractivity contribution is 7.99. The number of carbonyl (C=O) groups is 1. The quantitative estimate of drug-likeness (QED) is 0.335. The normalized spacial score (nSPS) is 11.2. The highest BCUT2D eigenvalue weighted by Crippen LogP contribution is 2.24.